The molecule has 106 valence electrons. The first-order valence-corrected chi connectivity index (χ1v) is 7.27. The van der Waals surface area contributed by atoms with Crippen LogP contribution < -0.4 is 4.74 Å². The molecule has 5 heteroatoms. The Morgan fingerprint density at radius 1 is 1.33 bits per heavy atom. The van der Waals surface area contributed by atoms with E-state index in [0.29, 0.717) is 21.9 Å². The van der Waals surface area contributed by atoms with Crippen LogP contribution in [0.3, 0.4) is 0 Å². The fourth-order valence-corrected chi connectivity index (χ4v) is 2.59. The van der Waals surface area contributed by atoms with Crippen LogP contribution >= 0.6 is 27.5 Å². The van der Waals surface area contributed by atoms with E-state index < -0.39 is 5.92 Å². The molecule has 2 aromatic carbocycles. The topological polar surface area (TPSA) is 50.1 Å². The van der Waals surface area contributed by atoms with Crippen LogP contribution in [0.2, 0.25) is 5.02 Å². The van der Waals surface area contributed by atoms with Crippen molar-refractivity contribution in [2.75, 3.05) is 7.11 Å². The maximum Gasteiger partial charge on any atom is 0.188 e. The van der Waals surface area contributed by atoms with E-state index in [9.17, 15) is 10.1 Å². The average Bonchev–Trinajstić information content (AvgIpc) is 2.49. The number of nitriles is 1. The fourth-order valence-electron chi connectivity index (χ4n) is 2.00. The van der Waals surface area contributed by atoms with Crippen LogP contribution in [-0.4, -0.2) is 12.9 Å². The third-order valence-electron chi connectivity index (χ3n) is 3.04. The second kappa shape index (κ2) is 6.75. The molecule has 1 atom stereocenters. The second-order valence-corrected chi connectivity index (χ2v) is 5.62. The Morgan fingerprint density at radius 2 is 2.05 bits per heavy atom. The third kappa shape index (κ3) is 3.26. The van der Waals surface area contributed by atoms with E-state index in [0.717, 1.165) is 4.47 Å². The number of methoxy groups -OCH3 is 1. The number of ether oxygens (including phenoxy) is 1. The lowest BCUT2D eigenvalue weighted by atomic mass is 9.91. The Balaban J connectivity index is 2.48. The highest BCUT2D eigenvalue weighted by atomic mass is 79.9. The second-order valence-electron chi connectivity index (χ2n) is 4.29. The lowest BCUT2D eigenvalue weighted by molar-refractivity contribution is 0.0976. The maximum atomic E-state index is 12.6. The van der Waals surface area contributed by atoms with Gasteiger partial charge in [-0.05, 0) is 29.8 Å². The molecule has 0 aliphatic rings. The number of ketones is 1. The van der Waals surface area contributed by atoms with Gasteiger partial charge in [-0.25, -0.2) is 0 Å². The van der Waals surface area contributed by atoms with E-state index in [1.165, 1.54) is 7.11 Å². The number of Topliss-reactive ketones (excluding diaryl/α,β-unsaturated/α-hetero) is 1. The predicted molar refractivity (Wildman–Crippen MR) is 84.8 cm³/mol. The quantitative estimate of drug-likeness (QED) is 0.745. The number of carbonyl (C=O) groups excluding carboxylic acids is 1. The SMILES string of the molecule is COc1cc(Br)ccc1C(=O)C(C#N)c1ccccc1Cl. The van der Waals surface area contributed by atoms with Crippen molar-refractivity contribution < 1.29 is 9.53 Å². The zero-order valence-electron chi connectivity index (χ0n) is 11.1. The maximum absolute atomic E-state index is 12.6. The van der Waals surface area contributed by atoms with Crippen molar-refractivity contribution in [1.82, 2.24) is 0 Å². The summed E-state index contributed by atoms with van der Waals surface area (Å²) in [7, 11) is 1.48. The van der Waals surface area contributed by atoms with Crippen molar-refractivity contribution in [3.8, 4) is 11.8 Å². The van der Waals surface area contributed by atoms with Crippen molar-refractivity contribution in [2.24, 2.45) is 0 Å². The molecule has 0 heterocycles. The van der Waals surface area contributed by atoms with Crippen molar-refractivity contribution in [3.05, 3.63) is 63.1 Å². The minimum atomic E-state index is -0.964. The zero-order valence-corrected chi connectivity index (χ0v) is 13.5. The largest absolute Gasteiger partial charge is 0.496 e. The van der Waals surface area contributed by atoms with Crippen LogP contribution in [0, 0.1) is 11.3 Å². The standard InChI is InChI=1S/C16H11BrClNO2/c1-21-15-8-10(17)6-7-12(15)16(20)13(9-19)11-4-2-3-5-14(11)18/h2-8,13H,1H3. The van der Waals surface area contributed by atoms with Gasteiger partial charge < -0.3 is 4.74 Å². The molecule has 0 aliphatic carbocycles. The Hall–Kier alpha value is -1.83. The molecular weight excluding hydrogens is 354 g/mol. The Labute approximate surface area is 136 Å². The number of rotatable bonds is 4. The van der Waals surface area contributed by atoms with Gasteiger partial charge in [-0.3, -0.25) is 4.79 Å². The predicted octanol–water partition coefficient (Wildman–Crippen LogP) is 4.60. The van der Waals surface area contributed by atoms with Crippen molar-refractivity contribution in [3.63, 3.8) is 0 Å². The van der Waals surface area contributed by atoms with Crippen molar-refractivity contribution >= 4 is 33.3 Å². The van der Waals surface area contributed by atoms with Gasteiger partial charge in [0.05, 0.1) is 18.7 Å². The summed E-state index contributed by atoms with van der Waals surface area (Å²) >= 11 is 9.41. The smallest absolute Gasteiger partial charge is 0.188 e. The van der Waals surface area contributed by atoms with Gasteiger partial charge in [0.2, 0.25) is 0 Å². The van der Waals surface area contributed by atoms with Gasteiger partial charge in [0.1, 0.15) is 11.7 Å². The molecule has 3 nitrogen and oxygen atoms in total. The Bertz CT molecular complexity index is 724. The van der Waals surface area contributed by atoms with Crippen LogP contribution in [0.4, 0.5) is 0 Å². The number of benzene rings is 2. The molecule has 0 saturated carbocycles. The van der Waals surface area contributed by atoms with Gasteiger partial charge in [0, 0.05) is 9.50 Å². The van der Waals surface area contributed by atoms with Crippen LogP contribution in [0.5, 0.6) is 5.75 Å². The summed E-state index contributed by atoms with van der Waals surface area (Å²) in [5.74, 6) is -0.884. The van der Waals surface area contributed by atoms with Gasteiger partial charge in [-0.1, -0.05) is 45.7 Å². The first-order valence-electron chi connectivity index (χ1n) is 6.10. The van der Waals surface area contributed by atoms with E-state index in [1.807, 2.05) is 6.07 Å². The number of halogens is 2. The Morgan fingerprint density at radius 3 is 2.67 bits per heavy atom. The molecule has 0 amide bonds. The number of nitrogens with zero attached hydrogens (tertiary/aromatic N) is 1. The van der Waals surface area contributed by atoms with Gasteiger partial charge in [-0.2, -0.15) is 5.26 Å². The van der Waals surface area contributed by atoms with Crippen LogP contribution in [0.15, 0.2) is 46.9 Å². The molecule has 21 heavy (non-hydrogen) atoms. The van der Waals surface area contributed by atoms with E-state index in [-0.39, 0.29) is 5.78 Å². The normalized spacial score (nSPS) is 11.5. The molecule has 0 N–H and O–H groups in total. The van der Waals surface area contributed by atoms with Gasteiger partial charge in [0.15, 0.2) is 5.78 Å². The fraction of sp³-hybridized carbons (Fsp3) is 0.125. The monoisotopic (exact) mass is 363 g/mol. The first kappa shape index (κ1) is 15.6. The highest BCUT2D eigenvalue weighted by Crippen LogP contribution is 2.31. The zero-order chi connectivity index (χ0) is 15.4. The van der Waals surface area contributed by atoms with Gasteiger partial charge in [-0.15, -0.1) is 0 Å². The molecule has 0 saturated heterocycles. The molecule has 0 aliphatic heterocycles. The van der Waals surface area contributed by atoms with Crippen molar-refractivity contribution in [2.45, 2.75) is 5.92 Å². The highest BCUT2D eigenvalue weighted by Gasteiger charge is 2.26. The minimum Gasteiger partial charge on any atom is -0.496 e. The first-order chi connectivity index (χ1) is 10.1. The van der Waals surface area contributed by atoms with E-state index >= 15 is 0 Å². The molecule has 0 bridgehead atoms. The summed E-state index contributed by atoms with van der Waals surface area (Å²) in [6, 6.07) is 13.9. The summed E-state index contributed by atoms with van der Waals surface area (Å²) < 4.78 is 6.01. The molecule has 0 radical (unpaired) electrons. The molecule has 1 unspecified atom stereocenters. The molecule has 0 fully saturated rings. The number of carbonyl (C=O) groups is 1. The van der Waals surface area contributed by atoms with E-state index in [4.69, 9.17) is 16.3 Å². The lowest BCUT2D eigenvalue weighted by Gasteiger charge is -2.13. The summed E-state index contributed by atoms with van der Waals surface area (Å²) in [4.78, 5) is 12.6. The molecule has 0 aromatic heterocycles. The summed E-state index contributed by atoms with van der Waals surface area (Å²) in [6.07, 6.45) is 0. The van der Waals surface area contributed by atoms with Gasteiger partial charge >= 0.3 is 0 Å². The van der Waals surface area contributed by atoms with Gasteiger partial charge in [0.25, 0.3) is 0 Å². The average molecular weight is 365 g/mol. The Kier molecular flexibility index (Phi) is 5.00. The molecule has 0 spiro atoms. The summed E-state index contributed by atoms with van der Waals surface area (Å²) in [5, 5.41) is 9.77. The molecule has 2 aromatic rings. The number of hydrogen-bond donors (Lipinski definition) is 0. The van der Waals surface area contributed by atoms with Crippen LogP contribution in [0.25, 0.3) is 0 Å². The number of hydrogen-bond acceptors (Lipinski definition) is 3. The summed E-state index contributed by atoms with van der Waals surface area (Å²) in [5.41, 5.74) is 0.851. The third-order valence-corrected chi connectivity index (χ3v) is 3.87. The van der Waals surface area contributed by atoms with Crippen molar-refractivity contribution in [1.29, 1.82) is 5.26 Å². The van der Waals surface area contributed by atoms with Crippen LogP contribution in [0.1, 0.15) is 21.8 Å². The highest BCUT2D eigenvalue weighted by molar-refractivity contribution is 9.10. The van der Waals surface area contributed by atoms with E-state index in [1.54, 1.807) is 42.5 Å². The van der Waals surface area contributed by atoms with E-state index in [2.05, 4.69) is 15.9 Å². The lowest BCUT2D eigenvalue weighted by Crippen LogP contribution is -2.13. The summed E-state index contributed by atoms with van der Waals surface area (Å²) in [6.45, 7) is 0. The minimum absolute atomic E-state index is 0.338. The molecular formula is C16H11BrClNO2. The van der Waals surface area contributed by atoms with Crippen LogP contribution in [-0.2, 0) is 0 Å². The molecule has 2 rings (SSSR count).